The first kappa shape index (κ1) is 19.0. The van der Waals surface area contributed by atoms with Crippen molar-refractivity contribution in [1.29, 1.82) is 0 Å². The molecule has 0 saturated carbocycles. The van der Waals surface area contributed by atoms with Crippen molar-refractivity contribution in [3.8, 4) is 0 Å². The maximum atomic E-state index is 13.4. The molecule has 2 heterocycles. The molecule has 29 heavy (non-hydrogen) atoms. The zero-order chi connectivity index (χ0) is 20.6. The summed E-state index contributed by atoms with van der Waals surface area (Å²) >= 11 is 0. The SMILES string of the molecule is CN(C(c1ccccc1)c1ccccn1)S(=O)(=O)c1ccc2c(c1)C(=O)NC2=O. The van der Waals surface area contributed by atoms with E-state index in [9.17, 15) is 18.0 Å². The van der Waals surface area contributed by atoms with Crippen molar-refractivity contribution in [2.75, 3.05) is 7.05 Å². The molecule has 0 saturated heterocycles. The number of benzene rings is 2. The van der Waals surface area contributed by atoms with E-state index in [2.05, 4.69) is 10.3 Å². The van der Waals surface area contributed by atoms with Crippen LogP contribution < -0.4 is 5.32 Å². The number of nitrogens with one attached hydrogen (secondary N) is 1. The molecule has 1 aliphatic rings. The Morgan fingerprint density at radius 1 is 0.897 bits per heavy atom. The van der Waals surface area contributed by atoms with E-state index in [1.54, 1.807) is 24.4 Å². The first-order valence-electron chi connectivity index (χ1n) is 8.83. The Morgan fingerprint density at radius 2 is 1.59 bits per heavy atom. The van der Waals surface area contributed by atoms with Gasteiger partial charge in [-0.2, -0.15) is 4.31 Å². The Hall–Kier alpha value is -3.36. The standard InChI is InChI=1S/C21H17N3O4S/c1-24(19(14-7-3-2-4-8-14)18-9-5-6-12-22-18)29(27,28)15-10-11-16-17(13-15)21(26)23-20(16)25/h2-13,19H,1H3,(H,23,25,26). The molecule has 0 aliphatic carbocycles. The number of rotatable bonds is 5. The number of imide groups is 1. The van der Waals surface area contributed by atoms with Crippen LogP contribution in [-0.4, -0.2) is 36.6 Å². The average Bonchev–Trinajstić information content (AvgIpc) is 3.03. The van der Waals surface area contributed by atoms with Crippen molar-refractivity contribution < 1.29 is 18.0 Å². The van der Waals surface area contributed by atoms with Crippen LogP contribution in [0.2, 0.25) is 0 Å². The van der Waals surface area contributed by atoms with Crippen LogP contribution in [0.5, 0.6) is 0 Å². The van der Waals surface area contributed by atoms with Crippen molar-refractivity contribution in [1.82, 2.24) is 14.6 Å². The highest BCUT2D eigenvalue weighted by atomic mass is 32.2. The molecular formula is C21H17N3O4S. The molecular weight excluding hydrogens is 390 g/mol. The zero-order valence-corrected chi connectivity index (χ0v) is 16.3. The molecule has 1 aliphatic heterocycles. The highest BCUT2D eigenvalue weighted by Crippen LogP contribution is 2.32. The summed E-state index contributed by atoms with van der Waals surface area (Å²) < 4.78 is 28.0. The Labute approximate surface area is 168 Å². The summed E-state index contributed by atoms with van der Waals surface area (Å²) in [6, 6.07) is 17.8. The molecule has 7 nitrogen and oxygen atoms in total. The molecule has 8 heteroatoms. The number of aromatic nitrogens is 1. The van der Waals surface area contributed by atoms with Crippen molar-refractivity contribution in [2.24, 2.45) is 0 Å². The minimum Gasteiger partial charge on any atom is -0.288 e. The molecule has 1 aromatic heterocycles. The topological polar surface area (TPSA) is 96.4 Å². The average molecular weight is 407 g/mol. The molecule has 0 radical (unpaired) electrons. The third-order valence-electron chi connectivity index (χ3n) is 4.83. The molecule has 4 rings (SSSR count). The predicted octanol–water partition coefficient (Wildman–Crippen LogP) is 2.38. The van der Waals surface area contributed by atoms with Gasteiger partial charge in [-0.1, -0.05) is 36.4 Å². The number of fused-ring (bicyclic) bond motifs is 1. The summed E-state index contributed by atoms with van der Waals surface area (Å²) in [5.41, 5.74) is 1.55. The van der Waals surface area contributed by atoms with Crippen LogP contribution in [-0.2, 0) is 10.0 Å². The van der Waals surface area contributed by atoms with E-state index >= 15 is 0 Å². The van der Waals surface area contributed by atoms with Gasteiger partial charge in [0.15, 0.2) is 0 Å². The van der Waals surface area contributed by atoms with E-state index in [1.165, 1.54) is 29.6 Å². The van der Waals surface area contributed by atoms with Gasteiger partial charge in [-0.25, -0.2) is 8.42 Å². The minimum absolute atomic E-state index is 0.0542. The van der Waals surface area contributed by atoms with Gasteiger partial charge in [0.05, 0.1) is 27.8 Å². The minimum atomic E-state index is -3.99. The first-order chi connectivity index (χ1) is 13.9. The van der Waals surface area contributed by atoms with Crippen LogP contribution in [0, 0.1) is 0 Å². The number of nitrogens with zero attached hydrogens (tertiary/aromatic N) is 2. The molecule has 0 bridgehead atoms. The fourth-order valence-corrected chi connectivity index (χ4v) is 4.70. The second-order valence-electron chi connectivity index (χ2n) is 6.58. The van der Waals surface area contributed by atoms with E-state index in [1.807, 2.05) is 30.3 Å². The second-order valence-corrected chi connectivity index (χ2v) is 8.58. The number of amides is 2. The Kier molecular flexibility index (Phi) is 4.73. The van der Waals surface area contributed by atoms with E-state index in [0.717, 1.165) is 5.56 Å². The molecule has 2 amide bonds. The summed E-state index contributed by atoms with van der Waals surface area (Å²) in [6.07, 6.45) is 1.61. The summed E-state index contributed by atoms with van der Waals surface area (Å²) in [4.78, 5) is 28.0. The van der Waals surface area contributed by atoms with Gasteiger partial charge in [0, 0.05) is 13.2 Å². The van der Waals surface area contributed by atoms with Crippen LogP contribution >= 0.6 is 0 Å². The maximum absolute atomic E-state index is 13.4. The van der Waals surface area contributed by atoms with Gasteiger partial charge >= 0.3 is 0 Å². The zero-order valence-electron chi connectivity index (χ0n) is 15.4. The maximum Gasteiger partial charge on any atom is 0.258 e. The normalized spacial score (nSPS) is 14.6. The summed E-state index contributed by atoms with van der Waals surface area (Å²) in [5, 5.41) is 2.17. The van der Waals surface area contributed by atoms with E-state index in [0.29, 0.717) is 5.69 Å². The lowest BCUT2D eigenvalue weighted by Gasteiger charge is -2.27. The summed E-state index contributed by atoms with van der Waals surface area (Å²) in [6.45, 7) is 0. The van der Waals surface area contributed by atoms with Crippen molar-refractivity contribution in [3.63, 3.8) is 0 Å². The Balaban J connectivity index is 1.80. The Morgan fingerprint density at radius 3 is 2.28 bits per heavy atom. The quantitative estimate of drug-likeness (QED) is 0.655. The van der Waals surface area contributed by atoms with Crippen LogP contribution in [0.1, 0.15) is 38.0 Å². The molecule has 1 N–H and O–H groups in total. The van der Waals surface area contributed by atoms with Crippen molar-refractivity contribution >= 4 is 21.8 Å². The molecule has 3 aromatic rings. The van der Waals surface area contributed by atoms with E-state index in [-0.39, 0.29) is 16.0 Å². The van der Waals surface area contributed by atoms with Crippen LogP contribution in [0.3, 0.4) is 0 Å². The van der Waals surface area contributed by atoms with Crippen LogP contribution in [0.4, 0.5) is 0 Å². The molecule has 0 spiro atoms. The monoisotopic (exact) mass is 407 g/mol. The van der Waals surface area contributed by atoms with E-state index in [4.69, 9.17) is 0 Å². The fraction of sp³-hybridized carbons (Fsp3) is 0.0952. The van der Waals surface area contributed by atoms with Gasteiger partial charge in [0.25, 0.3) is 11.8 Å². The van der Waals surface area contributed by atoms with Gasteiger partial charge < -0.3 is 0 Å². The third-order valence-corrected chi connectivity index (χ3v) is 6.65. The lowest BCUT2D eigenvalue weighted by molar-refractivity contribution is 0.0879. The summed E-state index contributed by atoms with van der Waals surface area (Å²) in [7, 11) is -2.52. The number of carbonyl (C=O) groups excluding carboxylic acids is 2. The fourth-order valence-electron chi connectivity index (χ4n) is 3.35. The first-order valence-corrected chi connectivity index (χ1v) is 10.3. The van der Waals surface area contributed by atoms with Crippen molar-refractivity contribution in [3.05, 3.63) is 95.3 Å². The number of pyridine rings is 1. The van der Waals surface area contributed by atoms with Gasteiger partial charge in [0.1, 0.15) is 0 Å². The number of carbonyl (C=O) groups is 2. The molecule has 1 atom stereocenters. The second kappa shape index (κ2) is 7.23. The number of hydrogen-bond acceptors (Lipinski definition) is 5. The predicted molar refractivity (Wildman–Crippen MR) is 106 cm³/mol. The smallest absolute Gasteiger partial charge is 0.258 e. The largest absolute Gasteiger partial charge is 0.288 e. The lowest BCUT2D eigenvalue weighted by Crippen LogP contribution is -2.32. The highest BCUT2D eigenvalue weighted by Gasteiger charge is 2.34. The Bertz CT molecular complexity index is 1160. The van der Waals surface area contributed by atoms with Gasteiger partial charge in [-0.05, 0) is 35.9 Å². The third kappa shape index (κ3) is 3.32. The van der Waals surface area contributed by atoms with Gasteiger partial charge in [-0.3, -0.25) is 19.9 Å². The van der Waals surface area contributed by atoms with Gasteiger partial charge in [-0.15, -0.1) is 0 Å². The van der Waals surface area contributed by atoms with Crippen molar-refractivity contribution in [2.45, 2.75) is 10.9 Å². The van der Waals surface area contributed by atoms with E-state index < -0.39 is 27.9 Å². The molecule has 146 valence electrons. The molecule has 2 aromatic carbocycles. The van der Waals surface area contributed by atoms with Crippen LogP contribution in [0.25, 0.3) is 0 Å². The summed E-state index contributed by atoms with van der Waals surface area (Å²) in [5.74, 6) is -1.13. The molecule has 1 unspecified atom stereocenters. The number of sulfonamides is 1. The number of hydrogen-bond donors (Lipinski definition) is 1. The highest BCUT2D eigenvalue weighted by molar-refractivity contribution is 7.89. The van der Waals surface area contributed by atoms with Gasteiger partial charge in [0.2, 0.25) is 10.0 Å². The van der Waals surface area contributed by atoms with Crippen LogP contribution in [0.15, 0.2) is 77.8 Å². The molecule has 0 fully saturated rings. The lowest BCUT2D eigenvalue weighted by atomic mass is 10.0.